The molecule has 4 aromatic carbocycles. The lowest BCUT2D eigenvalue weighted by Gasteiger charge is -2.32. The molecule has 4 nitrogen and oxygen atoms in total. The van der Waals surface area contributed by atoms with Gasteiger partial charge in [-0.15, -0.1) is 11.8 Å². The number of fused-ring (bicyclic) bond motifs is 1. The Morgan fingerprint density at radius 2 is 1.47 bits per heavy atom. The van der Waals surface area contributed by atoms with Crippen molar-refractivity contribution >= 4 is 23.4 Å². The second-order valence-electron chi connectivity index (χ2n) is 8.86. The van der Waals surface area contributed by atoms with Crippen molar-refractivity contribution in [2.45, 2.75) is 23.5 Å². The predicted octanol–water partition coefficient (Wildman–Crippen LogP) is 6.39. The highest BCUT2D eigenvalue weighted by atomic mass is 32.2. The fraction of sp³-hybridized carbons (Fsp3) is 0.194. The van der Waals surface area contributed by atoms with Gasteiger partial charge in [0.2, 0.25) is 0 Å². The molecule has 0 spiro atoms. The Morgan fingerprint density at radius 3 is 2.08 bits per heavy atom. The molecule has 0 aromatic heterocycles. The van der Waals surface area contributed by atoms with Gasteiger partial charge in [0.1, 0.15) is 6.04 Å². The highest BCUT2D eigenvalue weighted by molar-refractivity contribution is 7.99. The monoisotopic (exact) mass is 494 g/mol. The van der Waals surface area contributed by atoms with E-state index >= 15 is 0 Å². The van der Waals surface area contributed by atoms with Crippen LogP contribution in [-0.2, 0) is 16.1 Å². The summed E-state index contributed by atoms with van der Waals surface area (Å²) >= 11 is 1.87. The molecule has 5 heteroatoms. The van der Waals surface area contributed by atoms with E-state index in [-0.39, 0.29) is 12.0 Å². The highest BCUT2D eigenvalue weighted by Gasteiger charge is 2.28. The molecule has 1 heterocycles. The molecule has 0 amide bonds. The predicted molar refractivity (Wildman–Crippen MR) is 147 cm³/mol. The molecule has 182 valence electrons. The third-order valence-corrected chi connectivity index (χ3v) is 7.57. The maximum atomic E-state index is 13.1. The van der Waals surface area contributed by atoms with Gasteiger partial charge < -0.3 is 9.64 Å². The number of nitrogens with zero attached hydrogens (tertiary/aromatic N) is 1. The summed E-state index contributed by atoms with van der Waals surface area (Å²) in [5, 5.41) is 3.63. The van der Waals surface area contributed by atoms with Crippen LogP contribution < -0.4 is 10.2 Å². The number of thioether (sulfide) groups is 1. The molecule has 0 radical (unpaired) electrons. The van der Waals surface area contributed by atoms with Crippen molar-refractivity contribution in [2.24, 2.45) is 0 Å². The van der Waals surface area contributed by atoms with E-state index in [0.29, 0.717) is 0 Å². The summed E-state index contributed by atoms with van der Waals surface area (Å²) in [6.45, 7) is 1.80. The first-order valence-corrected chi connectivity index (χ1v) is 13.2. The number of rotatable bonds is 8. The van der Waals surface area contributed by atoms with Crippen LogP contribution in [0.1, 0.15) is 34.3 Å². The maximum absolute atomic E-state index is 13.1. The Morgan fingerprint density at radius 1 is 0.861 bits per heavy atom. The number of nitrogens with one attached hydrogen (secondary N) is 1. The van der Waals surface area contributed by atoms with E-state index in [0.717, 1.165) is 35.5 Å². The van der Waals surface area contributed by atoms with E-state index < -0.39 is 6.04 Å². The normalized spacial score (nSPS) is 13.8. The number of hydrogen-bond donors (Lipinski definition) is 1. The van der Waals surface area contributed by atoms with Gasteiger partial charge in [0.25, 0.3) is 0 Å². The van der Waals surface area contributed by atoms with Crippen molar-refractivity contribution < 1.29 is 9.53 Å². The number of methoxy groups -OCH3 is 1. The zero-order valence-corrected chi connectivity index (χ0v) is 21.2. The van der Waals surface area contributed by atoms with E-state index in [1.807, 2.05) is 54.2 Å². The van der Waals surface area contributed by atoms with Crippen LogP contribution in [0.2, 0.25) is 0 Å². The van der Waals surface area contributed by atoms with Crippen LogP contribution in [0.4, 0.5) is 5.69 Å². The molecule has 1 aliphatic rings. The first-order valence-electron chi connectivity index (χ1n) is 12.2. The SMILES string of the molecule is COC(=O)C(NC(c1ccccc1)c1ccccc1)c1ccc2c(c1)N(Cc1ccccc1)CCS2. The summed E-state index contributed by atoms with van der Waals surface area (Å²) < 4.78 is 5.29. The van der Waals surface area contributed by atoms with Crippen molar-refractivity contribution in [3.63, 3.8) is 0 Å². The summed E-state index contributed by atoms with van der Waals surface area (Å²) in [6.07, 6.45) is 0. The van der Waals surface area contributed by atoms with Crippen molar-refractivity contribution in [1.82, 2.24) is 5.32 Å². The van der Waals surface area contributed by atoms with E-state index in [4.69, 9.17) is 4.74 Å². The molecule has 0 saturated heterocycles. The molecular formula is C31H30N2O2S. The minimum absolute atomic E-state index is 0.165. The minimum atomic E-state index is -0.615. The van der Waals surface area contributed by atoms with Gasteiger partial charge in [-0.25, -0.2) is 4.79 Å². The lowest BCUT2D eigenvalue weighted by atomic mass is 9.96. The Bertz CT molecular complexity index is 1240. The first-order chi connectivity index (χ1) is 17.7. The molecule has 0 fully saturated rings. The number of esters is 1. The summed E-state index contributed by atoms with van der Waals surface area (Å²) in [5.41, 5.74) is 5.53. The number of ether oxygens (including phenoxy) is 1. The summed E-state index contributed by atoms with van der Waals surface area (Å²) in [6, 6.07) is 36.6. The molecule has 36 heavy (non-hydrogen) atoms. The molecule has 5 rings (SSSR count). The fourth-order valence-corrected chi connectivity index (χ4v) is 5.73. The standard InChI is InChI=1S/C31H30N2O2S/c1-35-31(34)30(32-29(24-13-7-3-8-14-24)25-15-9-4-10-16-25)26-17-18-28-27(21-26)33(19-20-36-28)22-23-11-5-2-6-12-23/h2-18,21,29-30,32H,19-20,22H2,1H3. The second-order valence-corrected chi connectivity index (χ2v) is 10.00. The fourth-order valence-electron chi connectivity index (χ4n) is 4.70. The molecule has 1 N–H and O–H groups in total. The Balaban J connectivity index is 1.50. The number of benzene rings is 4. The second kappa shape index (κ2) is 11.5. The van der Waals surface area contributed by atoms with Gasteiger partial charge in [-0.3, -0.25) is 5.32 Å². The van der Waals surface area contributed by atoms with E-state index in [2.05, 4.69) is 76.9 Å². The Kier molecular flexibility index (Phi) is 7.70. The summed E-state index contributed by atoms with van der Waals surface area (Å²) in [4.78, 5) is 16.8. The molecule has 4 aromatic rings. The molecule has 0 bridgehead atoms. The Hall–Kier alpha value is -3.54. The largest absolute Gasteiger partial charge is 0.468 e. The lowest BCUT2D eigenvalue weighted by Crippen LogP contribution is -2.34. The highest BCUT2D eigenvalue weighted by Crippen LogP contribution is 2.38. The van der Waals surface area contributed by atoms with Crippen LogP contribution in [0.25, 0.3) is 0 Å². The zero-order valence-electron chi connectivity index (χ0n) is 20.3. The zero-order chi connectivity index (χ0) is 24.7. The minimum Gasteiger partial charge on any atom is -0.468 e. The van der Waals surface area contributed by atoms with Gasteiger partial charge in [0, 0.05) is 23.7 Å². The van der Waals surface area contributed by atoms with Crippen LogP contribution in [0.5, 0.6) is 0 Å². The topological polar surface area (TPSA) is 41.6 Å². The van der Waals surface area contributed by atoms with E-state index in [1.165, 1.54) is 23.3 Å². The van der Waals surface area contributed by atoms with Crippen molar-refractivity contribution in [2.75, 3.05) is 24.3 Å². The van der Waals surface area contributed by atoms with Crippen LogP contribution in [0.15, 0.2) is 114 Å². The molecule has 1 atom stereocenters. The first kappa shape index (κ1) is 24.2. The van der Waals surface area contributed by atoms with E-state index in [1.54, 1.807) is 0 Å². The third-order valence-electron chi connectivity index (χ3n) is 6.53. The summed E-state index contributed by atoms with van der Waals surface area (Å²) in [7, 11) is 1.45. The van der Waals surface area contributed by atoms with Crippen LogP contribution in [-0.4, -0.2) is 25.4 Å². The van der Waals surface area contributed by atoms with Gasteiger partial charge in [0.05, 0.1) is 18.8 Å². The van der Waals surface area contributed by atoms with Crippen molar-refractivity contribution in [1.29, 1.82) is 0 Å². The molecule has 0 aliphatic carbocycles. The maximum Gasteiger partial charge on any atom is 0.327 e. The average Bonchev–Trinajstić information content (AvgIpc) is 2.95. The molecule has 1 aliphatic heterocycles. The van der Waals surface area contributed by atoms with Gasteiger partial charge in [-0.05, 0) is 34.4 Å². The lowest BCUT2D eigenvalue weighted by molar-refractivity contribution is -0.143. The number of hydrogen-bond acceptors (Lipinski definition) is 5. The van der Waals surface area contributed by atoms with Crippen LogP contribution in [0, 0.1) is 0 Å². The third kappa shape index (κ3) is 5.48. The Labute approximate surface area is 217 Å². The number of carbonyl (C=O) groups is 1. The quantitative estimate of drug-likeness (QED) is 0.287. The average molecular weight is 495 g/mol. The van der Waals surface area contributed by atoms with Crippen LogP contribution >= 0.6 is 11.8 Å². The van der Waals surface area contributed by atoms with Crippen LogP contribution in [0.3, 0.4) is 0 Å². The molecule has 1 unspecified atom stereocenters. The molecule has 0 saturated carbocycles. The number of anilines is 1. The number of carbonyl (C=O) groups excluding carboxylic acids is 1. The smallest absolute Gasteiger partial charge is 0.327 e. The van der Waals surface area contributed by atoms with Gasteiger partial charge in [-0.1, -0.05) is 97.1 Å². The summed E-state index contributed by atoms with van der Waals surface area (Å²) in [5.74, 6) is 0.743. The van der Waals surface area contributed by atoms with Gasteiger partial charge in [-0.2, -0.15) is 0 Å². The van der Waals surface area contributed by atoms with Crippen molar-refractivity contribution in [3.8, 4) is 0 Å². The van der Waals surface area contributed by atoms with Gasteiger partial charge in [0.15, 0.2) is 0 Å². The van der Waals surface area contributed by atoms with Crippen molar-refractivity contribution in [3.05, 3.63) is 131 Å². The van der Waals surface area contributed by atoms with Gasteiger partial charge >= 0.3 is 5.97 Å². The van der Waals surface area contributed by atoms with E-state index in [9.17, 15) is 4.79 Å². The molecular weight excluding hydrogens is 464 g/mol.